The molecular formula is C6H9N3S. The fourth-order valence-electron chi connectivity index (χ4n) is 0.568. The van der Waals surface area contributed by atoms with Gasteiger partial charge in [-0.1, -0.05) is 0 Å². The van der Waals surface area contributed by atoms with E-state index in [1.54, 1.807) is 7.05 Å². The van der Waals surface area contributed by atoms with Crippen LogP contribution in [0.5, 0.6) is 0 Å². The van der Waals surface area contributed by atoms with Crippen molar-refractivity contribution in [2.75, 3.05) is 12.8 Å². The van der Waals surface area contributed by atoms with Gasteiger partial charge in [0.25, 0.3) is 0 Å². The molecule has 0 bridgehead atoms. The number of nitrogen functional groups attached to an aromatic ring is 1. The Hall–Kier alpha value is -0.900. The van der Waals surface area contributed by atoms with E-state index in [0.717, 1.165) is 11.4 Å². The highest BCUT2D eigenvalue weighted by atomic mass is 32.1. The molecule has 3 nitrogen and oxygen atoms in total. The fraction of sp³-hybridized carbons (Fsp3) is 0.333. The number of rotatable bonds is 1. The van der Waals surface area contributed by atoms with Crippen LogP contribution in [0.4, 0.5) is 5.13 Å². The molecule has 2 N–H and O–H groups in total. The molecule has 1 heterocycles. The first kappa shape index (κ1) is 7.21. The number of nitrogens with zero attached hydrogens (tertiary/aromatic N) is 2. The molecule has 4 heteroatoms. The van der Waals surface area contributed by atoms with Crippen molar-refractivity contribution in [3.63, 3.8) is 0 Å². The van der Waals surface area contributed by atoms with E-state index in [1.165, 1.54) is 11.3 Å². The second-order valence-corrected chi connectivity index (χ2v) is 2.77. The molecule has 10 heavy (non-hydrogen) atoms. The van der Waals surface area contributed by atoms with Gasteiger partial charge in [-0.3, -0.25) is 4.99 Å². The van der Waals surface area contributed by atoms with E-state index in [0.29, 0.717) is 5.13 Å². The monoisotopic (exact) mass is 155 g/mol. The molecule has 0 saturated carbocycles. The minimum absolute atomic E-state index is 0.595. The SMILES string of the molecule is CN=C(C)c1csc(N)n1. The first-order chi connectivity index (χ1) is 4.74. The van der Waals surface area contributed by atoms with Gasteiger partial charge in [-0.05, 0) is 6.92 Å². The first-order valence-corrected chi connectivity index (χ1v) is 3.76. The van der Waals surface area contributed by atoms with Gasteiger partial charge in [-0.2, -0.15) is 0 Å². The van der Waals surface area contributed by atoms with Gasteiger partial charge in [0.1, 0.15) is 0 Å². The van der Waals surface area contributed by atoms with Crippen molar-refractivity contribution < 1.29 is 0 Å². The third-order valence-corrected chi connectivity index (χ3v) is 1.90. The van der Waals surface area contributed by atoms with Gasteiger partial charge in [0.05, 0.1) is 11.4 Å². The smallest absolute Gasteiger partial charge is 0.180 e. The van der Waals surface area contributed by atoms with Crippen LogP contribution < -0.4 is 5.73 Å². The number of nitrogens with two attached hydrogens (primary N) is 1. The summed E-state index contributed by atoms with van der Waals surface area (Å²) < 4.78 is 0. The predicted octanol–water partition coefficient (Wildman–Crippen LogP) is 1.16. The largest absolute Gasteiger partial charge is 0.375 e. The van der Waals surface area contributed by atoms with Crippen molar-refractivity contribution in [1.29, 1.82) is 0 Å². The molecule has 0 saturated heterocycles. The Morgan fingerprint density at radius 2 is 2.50 bits per heavy atom. The highest BCUT2D eigenvalue weighted by Crippen LogP contribution is 2.11. The van der Waals surface area contributed by atoms with Crippen LogP contribution in [0.1, 0.15) is 12.6 Å². The normalized spacial score (nSPS) is 12.0. The molecule has 0 aliphatic rings. The van der Waals surface area contributed by atoms with E-state index < -0.39 is 0 Å². The Kier molecular flexibility index (Phi) is 2.01. The van der Waals surface area contributed by atoms with E-state index in [1.807, 2.05) is 12.3 Å². The molecule has 1 aromatic rings. The number of hydrogen-bond acceptors (Lipinski definition) is 4. The van der Waals surface area contributed by atoms with Gasteiger partial charge in [0, 0.05) is 12.4 Å². The molecular weight excluding hydrogens is 146 g/mol. The number of aromatic nitrogens is 1. The lowest BCUT2D eigenvalue weighted by Crippen LogP contribution is -1.94. The fourth-order valence-corrected chi connectivity index (χ4v) is 1.18. The molecule has 0 unspecified atom stereocenters. The van der Waals surface area contributed by atoms with E-state index >= 15 is 0 Å². The Morgan fingerprint density at radius 1 is 1.80 bits per heavy atom. The number of anilines is 1. The maximum atomic E-state index is 5.42. The summed E-state index contributed by atoms with van der Waals surface area (Å²) in [6.45, 7) is 1.91. The van der Waals surface area contributed by atoms with Gasteiger partial charge >= 0.3 is 0 Å². The molecule has 0 aromatic carbocycles. The standard InChI is InChI=1S/C6H9N3S/c1-4(8-2)5-3-10-6(7)9-5/h3H,1-2H3,(H2,7,9). The zero-order valence-electron chi connectivity index (χ0n) is 5.96. The van der Waals surface area contributed by atoms with Crippen molar-refractivity contribution in [2.24, 2.45) is 4.99 Å². The highest BCUT2D eigenvalue weighted by Gasteiger charge is 1.99. The molecule has 1 aromatic heterocycles. The van der Waals surface area contributed by atoms with Crippen LogP contribution >= 0.6 is 11.3 Å². The zero-order valence-corrected chi connectivity index (χ0v) is 6.77. The first-order valence-electron chi connectivity index (χ1n) is 2.89. The summed E-state index contributed by atoms with van der Waals surface area (Å²) >= 11 is 1.43. The van der Waals surface area contributed by atoms with Crippen molar-refractivity contribution in [1.82, 2.24) is 4.98 Å². The minimum Gasteiger partial charge on any atom is -0.375 e. The van der Waals surface area contributed by atoms with Gasteiger partial charge < -0.3 is 5.73 Å². The second kappa shape index (κ2) is 2.79. The number of aliphatic imine (C=N–C) groups is 1. The maximum Gasteiger partial charge on any atom is 0.180 e. The summed E-state index contributed by atoms with van der Waals surface area (Å²) in [6.07, 6.45) is 0. The third-order valence-electron chi connectivity index (χ3n) is 1.23. The lowest BCUT2D eigenvalue weighted by molar-refractivity contribution is 1.33. The van der Waals surface area contributed by atoms with Crippen LogP contribution in [-0.2, 0) is 0 Å². The van der Waals surface area contributed by atoms with Crippen LogP contribution in [0, 0.1) is 0 Å². The summed E-state index contributed by atoms with van der Waals surface area (Å²) in [5, 5.41) is 2.50. The molecule has 54 valence electrons. The lowest BCUT2D eigenvalue weighted by Gasteiger charge is -1.88. The Balaban J connectivity index is 2.95. The average Bonchev–Trinajstić information content (AvgIpc) is 2.34. The van der Waals surface area contributed by atoms with Crippen LogP contribution in [0.15, 0.2) is 10.4 Å². The van der Waals surface area contributed by atoms with Gasteiger partial charge in [-0.15, -0.1) is 11.3 Å². The summed E-state index contributed by atoms with van der Waals surface area (Å²) in [5.41, 5.74) is 7.23. The van der Waals surface area contributed by atoms with Gasteiger partial charge in [-0.25, -0.2) is 4.98 Å². The number of hydrogen-bond donors (Lipinski definition) is 1. The molecule has 0 atom stereocenters. The molecule has 0 fully saturated rings. The van der Waals surface area contributed by atoms with Crippen molar-refractivity contribution in [2.45, 2.75) is 6.92 Å². The van der Waals surface area contributed by atoms with E-state index in [2.05, 4.69) is 9.98 Å². The average molecular weight is 155 g/mol. The van der Waals surface area contributed by atoms with E-state index in [4.69, 9.17) is 5.73 Å². The van der Waals surface area contributed by atoms with Crippen LogP contribution in [0.2, 0.25) is 0 Å². The second-order valence-electron chi connectivity index (χ2n) is 1.88. The van der Waals surface area contributed by atoms with Crippen molar-refractivity contribution >= 4 is 22.2 Å². The molecule has 0 aliphatic heterocycles. The molecule has 0 radical (unpaired) electrons. The highest BCUT2D eigenvalue weighted by molar-refractivity contribution is 7.13. The third kappa shape index (κ3) is 1.33. The summed E-state index contributed by atoms with van der Waals surface area (Å²) in [6, 6.07) is 0. The van der Waals surface area contributed by atoms with Crippen LogP contribution in [-0.4, -0.2) is 17.7 Å². The predicted molar refractivity (Wildman–Crippen MR) is 44.7 cm³/mol. The quantitative estimate of drug-likeness (QED) is 0.619. The van der Waals surface area contributed by atoms with Gasteiger partial charge in [0.2, 0.25) is 0 Å². The molecule has 0 spiro atoms. The summed E-state index contributed by atoms with van der Waals surface area (Å²) in [4.78, 5) is 8.02. The molecule has 0 aliphatic carbocycles. The van der Waals surface area contributed by atoms with Crippen LogP contribution in [0.25, 0.3) is 0 Å². The topological polar surface area (TPSA) is 51.3 Å². The van der Waals surface area contributed by atoms with E-state index in [-0.39, 0.29) is 0 Å². The van der Waals surface area contributed by atoms with Crippen LogP contribution in [0.3, 0.4) is 0 Å². The Morgan fingerprint density at radius 3 is 2.90 bits per heavy atom. The zero-order chi connectivity index (χ0) is 7.56. The summed E-state index contributed by atoms with van der Waals surface area (Å²) in [5.74, 6) is 0. The molecule has 1 rings (SSSR count). The molecule has 0 amide bonds. The maximum absolute atomic E-state index is 5.42. The minimum atomic E-state index is 0.595. The Bertz CT molecular complexity index is 251. The van der Waals surface area contributed by atoms with E-state index in [9.17, 15) is 0 Å². The summed E-state index contributed by atoms with van der Waals surface area (Å²) in [7, 11) is 1.74. The van der Waals surface area contributed by atoms with Crippen molar-refractivity contribution in [3.8, 4) is 0 Å². The Labute approximate surface area is 63.6 Å². The van der Waals surface area contributed by atoms with Gasteiger partial charge in [0.15, 0.2) is 5.13 Å². The number of thiazole rings is 1. The van der Waals surface area contributed by atoms with Crippen molar-refractivity contribution in [3.05, 3.63) is 11.1 Å². The lowest BCUT2D eigenvalue weighted by atomic mass is 10.3.